The Labute approximate surface area is 197 Å². The number of guanidine groups is 1. The molecule has 1 fully saturated rings. The van der Waals surface area contributed by atoms with Gasteiger partial charge in [-0.25, -0.2) is 0 Å². The molecule has 1 aromatic rings. The van der Waals surface area contributed by atoms with E-state index in [1.54, 1.807) is 0 Å². The van der Waals surface area contributed by atoms with E-state index in [2.05, 4.69) is 27.0 Å². The Morgan fingerprint density at radius 2 is 1.83 bits per heavy atom. The molecule has 0 unspecified atom stereocenters. The van der Waals surface area contributed by atoms with Gasteiger partial charge in [-0.05, 0) is 64.2 Å². The van der Waals surface area contributed by atoms with Gasteiger partial charge >= 0.3 is 0 Å². The van der Waals surface area contributed by atoms with Gasteiger partial charge in [0.1, 0.15) is 0 Å². The molecule has 0 aromatic heterocycles. The lowest BCUT2D eigenvalue weighted by atomic mass is 10.1. The van der Waals surface area contributed by atoms with Crippen LogP contribution in [-0.2, 0) is 11.2 Å². The van der Waals surface area contributed by atoms with Gasteiger partial charge in [0.05, 0.1) is 13.2 Å². The lowest BCUT2D eigenvalue weighted by molar-refractivity contribution is -0.121. The summed E-state index contributed by atoms with van der Waals surface area (Å²) in [5, 5.41) is 9.61. The SMILES string of the molecule is CCNC(=NCCCC(=O)NC1CC1)NCCc1ccc(OCC)c(OCC)c1.I. The monoisotopic (exact) mass is 532 g/mol. The first kappa shape index (κ1) is 26.3. The topological polar surface area (TPSA) is 84.0 Å². The summed E-state index contributed by atoms with van der Waals surface area (Å²) < 4.78 is 11.3. The van der Waals surface area contributed by atoms with E-state index in [1.165, 1.54) is 5.56 Å². The predicted molar refractivity (Wildman–Crippen MR) is 132 cm³/mol. The Balaban J connectivity index is 0.00000450. The van der Waals surface area contributed by atoms with Crippen molar-refractivity contribution >= 4 is 35.8 Å². The molecule has 2 rings (SSSR count). The molecule has 0 aliphatic heterocycles. The van der Waals surface area contributed by atoms with Crippen LogP contribution in [0.1, 0.15) is 52.0 Å². The van der Waals surface area contributed by atoms with Gasteiger partial charge in [0.2, 0.25) is 5.91 Å². The van der Waals surface area contributed by atoms with Crippen molar-refractivity contribution in [2.45, 2.75) is 58.9 Å². The summed E-state index contributed by atoms with van der Waals surface area (Å²) in [5.74, 6) is 2.50. The molecule has 30 heavy (non-hydrogen) atoms. The Morgan fingerprint density at radius 3 is 2.50 bits per heavy atom. The minimum atomic E-state index is 0. The molecule has 0 saturated heterocycles. The molecule has 7 nitrogen and oxygen atoms in total. The van der Waals surface area contributed by atoms with Crippen LogP contribution in [0.4, 0.5) is 0 Å². The lowest BCUT2D eigenvalue weighted by Crippen LogP contribution is -2.38. The van der Waals surface area contributed by atoms with Gasteiger partial charge in [-0.15, -0.1) is 24.0 Å². The first-order chi connectivity index (χ1) is 14.2. The van der Waals surface area contributed by atoms with Crippen LogP contribution in [0, 0.1) is 0 Å². The average molecular weight is 532 g/mol. The first-order valence-electron chi connectivity index (χ1n) is 10.9. The van der Waals surface area contributed by atoms with Crippen LogP contribution in [0.5, 0.6) is 11.5 Å². The zero-order valence-electron chi connectivity index (χ0n) is 18.5. The maximum absolute atomic E-state index is 11.7. The van der Waals surface area contributed by atoms with Crippen LogP contribution in [-0.4, -0.2) is 50.8 Å². The number of benzene rings is 1. The summed E-state index contributed by atoms with van der Waals surface area (Å²) in [6.07, 6.45) is 4.38. The molecule has 1 saturated carbocycles. The molecule has 0 radical (unpaired) electrons. The maximum atomic E-state index is 11.7. The smallest absolute Gasteiger partial charge is 0.220 e. The number of carbonyl (C=O) groups excluding carboxylic acids is 1. The number of nitrogens with zero attached hydrogens (tertiary/aromatic N) is 1. The fourth-order valence-corrected chi connectivity index (χ4v) is 2.88. The number of carbonyl (C=O) groups is 1. The van der Waals surface area contributed by atoms with E-state index in [4.69, 9.17) is 9.47 Å². The van der Waals surface area contributed by atoms with Crippen molar-refractivity contribution in [1.82, 2.24) is 16.0 Å². The number of aliphatic imine (C=N–C) groups is 1. The predicted octanol–water partition coefficient (Wildman–Crippen LogP) is 3.26. The zero-order chi connectivity index (χ0) is 20.9. The van der Waals surface area contributed by atoms with E-state index in [1.807, 2.05) is 32.9 Å². The van der Waals surface area contributed by atoms with Crippen molar-refractivity contribution in [3.05, 3.63) is 23.8 Å². The third-order valence-corrected chi connectivity index (χ3v) is 4.43. The summed E-state index contributed by atoms with van der Waals surface area (Å²) in [6, 6.07) is 6.50. The van der Waals surface area contributed by atoms with E-state index < -0.39 is 0 Å². The summed E-state index contributed by atoms with van der Waals surface area (Å²) in [7, 11) is 0. The number of hydrogen-bond acceptors (Lipinski definition) is 4. The number of nitrogens with one attached hydrogen (secondary N) is 3. The fourth-order valence-electron chi connectivity index (χ4n) is 2.88. The largest absolute Gasteiger partial charge is 0.490 e. The van der Waals surface area contributed by atoms with Crippen molar-refractivity contribution in [2.75, 3.05) is 32.8 Å². The highest BCUT2D eigenvalue weighted by Gasteiger charge is 2.22. The first-order valence-corrected chi connectivity index (χ1v) is 10.9. The van der Waals surface area contributed by atoms with E-state index in [-0.39, 0.29) is 29.9 Å². The minimum absolute atomic E-state index is 0. The van der Waals surface area contributed by atoms with Crippen LogP contribution in [0.2, 0.25) is 0 Å². The number of ether oxygens (including phenoxy) is 2. The van der Waals surface area contributed by atoms with E-state index >= 15 is 0 Å². The minimum Gasteiger partial charge on any atom is -0.490 e. The molecule has 1 amide bonds. The third-order valence-electron chi connectivity index (χ3n) is 4.43. The van der Waals surface area contributed by atoms with Crippen LogP contribution in [0.25, 0.3) is 0 Å². The van der Waals surface area contributed by atoms with Gasteiger partial charge in [0.15, 0.2) is 17.5 Å². The van der Waals surface area contributed by atoms with Crippen LogP contribution < -0.4 is 25.4 Å². The second kappa shape index (κ2) is 15.1. The van der Waals surface area contributed by atoms with Gasteiger partial charge in [-0.3, -0.25) is 9.79 Å². The van der Waals surface area contributed by atoms with Gasteiger partial charge in [0, 0.05) is 32.1 Å². The average Bonchev–Trinajstić information content (AvgIpc) is 3.51. The number of hydrogen-bond donors (Lipinski definition) is 3. The molecule has 1 aliphatic carbocycles. The second-order valence-corrected chi connectivity index (χ2v) is 7.03. The second-order valence-electron chi connectivity index (χ2n) is 7.03. The van der Waals surface area contributed by atoms with E-state index in [0.29, 0.717) is 32.2 Å². The highest BCUT2D eigenvalue weighted by Crippen LogP contribution is 2.28. The molecule has 1 aliphatic rings. The van der Waals surface area contributed by atoms with Gasteiger partial charge in [-0.2, -0.15) is 0 Å². The molecule has 170 valence electrons. The van der Waals surface area contributed by atoms with Crippen molar-refractivity contribution in [3.63, 3.8) is 0 Å². The Kier molecular flexibility index (Phi) is 13.3. The molecule has 3 N–H and O–H groups in total. The normalized spacial score (nSPS) is 13.2. The quantitative estimate of drug-likeness (QED) is 0.157. The third kappa shape index (κ3) is 10.4. The van der Waals surface area contributed by atoms with Crippen LogP contribution in [0.15, 0.2) is 23.2 Å². The number of amides is 1. The lowest BCUT2D eigenvalue weighted by Gasteiger charge is -2.14. The maximum Gasteiger partial charge on any atom is 0.220 e. The van der Waals surface area contributed by atoms with Gasteiger partial charge in [0.25, 0.3) is 0 Å². The summed E-state index contributed by atoms with van der Waals surface area (Å²) in [6.45, 7) is 9.39. The molecule has 1 aromatic carbocycles. The molecule has 0 heterocycles. The fraction of sp³-hybridized carbons (Fsp3) is 0.636. The Bertz CT molecular complexity index is 666. The van der Waals surface area contributed by atoms with Crippen LogP contribution in [0.3, 0.4) is 0 Å². The molecule has 0 atom stereocenters. The highest BCUT2D eigenvalue weighted by molar-refractivity contribution is 14.0. The molecular weight excluding hydrogens is 495 g/mol. The van der Waals surface area contributed by atoms with Crippen LogP contribution >= 0.6 is 24.0 Å². The van der Waals surface area contributed by atoms with Crippen molar-refractivity contribution in [3.8, 4) is 11.5 Å². The Hall–Kier alpha value is -1.71. The number of rotatable bonds is 13. The van der Waals surface area contributed by atoms with Gasteiger partial charge < -0.3 is 25.4 Å². The van der Waals surface area contributed by atoms with E-state index in [9.17, 15) is 4.79 Å². The molecule has 8 heteroatoms. The molecular formula is C22H37IN4O3. The standard InChI is InChI=1S/C22H36N4O3.HI/c1-4-23-22(24-14-7-8-21(27)26-18-10-11-18)25-15-13-17-9-12-19(28-5-2)20(16-17)29-6-3;/h9,12,16,18H,4-8,10-11,13-15H2,1-3H3,(H,26,27)(H2,23,24,25);1H. The molecule has 0 bridgehead atoms. The van der Waals surface area contributed by atoms with Gasteiger partial charge in [-0.1, -0.05) is 6.07 Å². The Morgan fingerprint density at radius 1 is 1.10 bits per heavy atom. The zero-order valence-corrected chi connectivity index (χ0v) is 20.8. The highest BCUT2D eigenvalue weighted by atomic mass is 127. The molecule has 0 spiro atoms. The van der Waals surface area contributed by atoms with E-state index in [0.717, 1.165) is 56.2 Å². The summed E-state index contributed by atoms with van der Waals surface area (Å²) in [4.78, 5) is 16.3. The summed E-state index contributed by atoms with van der Waals surface area (Å²) >= 11 is 0. The number of halogens is 1. The van der Waals surface area contributed by atoms with Crippen molar-refractivity contribution in [1.29, 1.82) is 0 Å². The van der Waals surface area contributed by atoms with Crippen molar-refractivity contribution in [2.24, 2.45) is 4.99 Å². The van der Waals surface area contributed by atoms with Crippen molar-refractivity contribution < 1.29 is 14.3 Å². The summed E-state index contributed by atoms with van der Waals surface area (Å²) in [5.41, 5.74) is 1.18.